The fraction of sp³-hybridized carbons (Fsp3) is 0.440. The lowest BCUT2D eigenvalue weighted by atomic mass is 10.0. The van der Waals surface area contributed by atoms with Gasteiger partial charge in [-0.05, 0) is 42.5 Å². The first kappa shape index (κ1) is 23.4. The van der Waals surface area contributed by atoms with E-state index in [2.05, 4.69) is 5.32 Å². The molecule has 3 rings (SSSR count). The van der Waals surface area contributed by atoms with Crippen LogP contribution < -0.4 is 19.5 Å². The Morgan fingerprint density at radius 2 is 1.56 bits per heavy atom. The summed E-state index contributed by atoms with van der Waals surface area (Å²) in [5.41, 5.74) is 1.91. The SMILES string of the molecule is COc1cc(CCC(=O)NC(Cc2ccccc2)C(=O)N2CCCC2)cc(OC)c1OC. The van der Waals surface area contributed by atoms with E-state index in [0.29, 0.717) is 30.1 Å². The molecule has 7 nitrogen and oxygen atoms in total. The Hall–Kier alpha value is -3.22. The minimum Gasteiger partial charge on any atom is -0.493 e. The number of benzene rings is 2. The Morgan fingerprint density at radius 3 is 2.12 bits per heavy atom. The lowest BCUT2D eigenvalue weighted by molar-refractivity contribution is -0.135. The summed E-state index contributed by atoms with van der Waals surface area (Å²) in [5.74, 6) is 1.45. The Kier molecular flexibility index (Phi) is 8.36. The molecule has 0 aliphatic carbocycles. The molecule has 1 saturated heterocycles. The average molecular weight is 441 g/mol. The normalized spacial score (nSPS) is 14.0. The number of ether oxygens (including phenoxy) is 3. The molecule has 172 valence electrons. The molecule has 0 spiro atoms. The van der Waals surface area contributed by atoms with Gasteiger partial charge in [0.25, 0.3) is 0 Å². The zero-order valence-corrected chi connectivity index (χ0v) is 19.1. The van der Waals surface area contributed by atoms with Crippen molar-refractivity contribution in [3.8, 4) is 17.2 Å². The Bertz CT molecular complexity index is 885. The molecule has 2 amide bonds. The van der Waals surface area contributed by atoms with Crippen molar-refractivity contribution in [1.82, 2.24) is 10.2 Å². The van der Waals surface area contributed by atoms with Gasteiger partial charge < -0.3 is 24.4 Å². The van der Waals surface area contributed by atoms with Gasteiger partial charge in [-0.3, -0.25) is 9.59 Å². The minimum atomic E-state index is -0.567. The monoisotopic (exact) mass is 440 g/mol. The van der Waals surface area contributed by atoms with E-state index in [9.17, 15) is 9.59 Å². The summed E-state index contributed by atoms with van der Waals surface area (Å²) < 4.78 is 16.1. The molecule has 32 heavy (non-hydrogen) atoms. The molecule has 1 N–H and O–H groups in total. The number of methoxy groups -OCH3 is 3. The van der Waals surface area contributed by atoms with Crippen LogP contribution in [0.2, 0.25) is 0 Å². The molecule has 1 aliphatic heterocycles. The molecule has 1 fully saturated rings. The summed E-state index contributed by atoms with van der Waals surface area (Å²) in [6, 6.07) is 12.9. The van der Waals surface area contributed by atoms with Gasteiger partial charge in [-0.2, -0.15) is 0 Å². The average Bonchev–Trinajstić information content (AvgIpc) is 3.36. The van der Waals surface area contributed by atoms with E-state index in [1.54, 1.807) is 21.3 Å². The predicted octanol–water partition coefficient (Wildman–Crippen LogP) is 2.99. The Labute approximate surface area is 189 Å². The summed E-state index contributed by atoms with van der Waals surface area (Å²) in [4.78, 5) is 27.7. The van der Waals surface area contributed by atoms with Crippen molar-refractivity contribution in [3.05, 3.63) is 53.6 Å². The van der Waals surface area contributed by atoms with Crippen molar-refractivity contribution in [3.63, 3.8) is 0 Å². The molecule has 0 aromatic heterocycles. The van der Waals surface area contributed by atoms with Crippen LogP contribution in [0.5, 0.6) is 17.2 Å². The van der Waals surface area contributed by atoms with Gasteiger partial charge in [0.2, 0.25) is 17.6 Å². The van der Waals surface area contributed by atoms with Gasteiger partial charge in [-0.1, -0.05) is 30.3 Å². The summed E-state index contributed by atoms with van der Waals surface area (Å²) in [6.07, 6.45) is 3.24. The lowest BCUT2D eigenvalue weighted by Crippen LogP contribution is -2.49. The first-order valence-electron chi connectivity index (χ1n) is 11.0. The lowest BCUT2D eigenvalue weighted by Gasteiger charge is -2.24. The van der Waals surface area contributed by atoms with E-state index in [4.69, 9.17) is 14.2 Å². The van der Waals surface area contributed by atoms with Crippen molar-refractivity contribution in [1.29, 1.82) is 0 Å². The van der Waals surface area contributed by atoms with Gasteiger partial charge in [0.05, 0.1) is 21.3 Å². The quantitative estimate of drug-likeness (QED) is 0.615. The van der Waals surface area contributed by atoms with E-state index in [1.807, 2.05) is 47.4 Å². The van der Waals surface area contributed by atoms with E-state index in [1.165, 1.54) is 0 Å². The molecule has 2 aromatic rings. The Balaban J connectivity index is 1.67. The van der Waals surface area contributed by atoms with Crippen LogP contribution in [0.15, 0.2) is 42.5 Å². The minimum absolute atomic E-state index is 0.00695. The third kappa shape index (κ3) is 5.93. The van der Waals surface area contributed by atoms with Gasteiger partial charge >= 0.3 is 0 Å². The van der Waals surface area contributed by atoms with E-state index >= 15 is 0 Å². The molecular weight excluding hydrogens is 408 g/mol. The number of likely N-dealkylation sites (tertiary alicyclic amines) is 1. The molecular formula is C25H32N2O5. The van der Waals surface area contributed by atoms with Gasteiger partial charge in [0.1, 0.15) is 6.04 Å². The first-order chi connectivity index (χ1) is 15.5. The van der Waals surface area contributed by atoms with Crippen LogP contribution in [0, 0.1) is 0 Å². The third-order valence-electron chi connectivity index (χ3n) is 5.70. The second kappa shape index (κ2) is 11.4. The van der Waals surface area contributed by atoms with Crippen molar-refractivity contribution in [2.45, 2.75) is 38.1 Å². The fourth-order valence-electron chi connectivity index (χ4n) is 4.01. The maximum atomic E-state index is 13.1. The maximum absolute atomic E-state index is 13.1. The molecule has 1 unspecified atom stereocenters. The van der Waals surface area contributed by atoms with Gasteiger partial charge in [-0.15, -0.1) is 0 Å². The molecule has 1 heterocycles. The number of amides is 2. The number of rotatable bonds is 10. The van der Waals surface area contributed by atoms with Gasteiger partial charge in [0, 0.05) is 25.9 Å². The van der Waals surface area contributed by atoms with Crippen LogP contribution in [0.4, 0.5) is 0 Å². The van der Waals surface area contributed by atoms with Crippen LogP contribution >= 0.6 is 0 Å². The second-order valence-corrected chi connectivity index (χ2v) is 7.88. The van der Waals surface area contributed by atoms with Crippen LogP contribution in [-0.2, 0) is 22.4 Å². The number of nitrogens with one attached hydrogen (secondary N) is 1. The fourth-order valence-corrected chi connectivity index (χ4v) is 4.01. The third-order valence-corrected chi connectivity index (χ3v) is 5.70. The largest absolute Gasteiger partial charge is 0.493 e. The molecule has 2 aromatic carbocycles. The number of aryl methyl sites for hydroxylation is 1. The van der Waals surface area contributed by atoms with Crippen molar-refractivity contribution >= 4 is 11.8 Å². The highest BCUT2D eigenvalue weighted by atomic mass is 16.5. The van der Waals surface area contributed by atoms with Crippen LogP contribution in [-0.4, -0.2) is 57.2 Å². The maximum Gasteiger partial charge on any atom is 0.245 e. The van der Waals surface area contributed by atoms with Crippen molar-refractivity contribution in [2.75, 3.05) is 34.4 Å². The van der Waals surface area contributed by atoms with Crippen molar-refractivity contribution in [2.24, 2.45) is 0 Å². The van der Waals surface area contributed by atoms with Crippen molar-refractivity contribution < 1.29 is 23.8 Å². The number of carbonyl (C=O) groups excluding carboxylic acids is 2. The topological polar surface area (TPSA) is 77.1 Å². The highest BCUT2D eigenvalue weighted by Crippen LogP contribution is 2.38. The van der Waals surface area contributed by atoms with Gasteiger partial charge in [0.15, 0.2) is 11.5 Å². The standard InChI is InChI=1S/C25H32N2O5/c1-30-21-16-19(17-22(31-2)24(21)32-3)11-12-23(28)26-20(15-18-9-5-4-6-10-18)25(29)27-13-7-8-14-27/h4-6,9-10,16-17,20H,7-8,11-15H2,1-3H3,(H,26,28). The number of hydrogen-bond acceptors (Lipinski definition) is 5. The molecule has 0 saturated carbocycles. The molecule has 7 heteroatoms. The Morgan fingerprint density at radius 1 is 0.938 bits per heavy atom. The molecule has 0 bridgehead atoms. The first-order valence-corrected chi connectivity index (χ1v) is 11.0. The highest BCUT2D eigenvalue weighted by molar-refractivity contribution is 5.88. The van der Waals surface area contributed by atoms with Gasteiger partial charge in [-0.25, -0.2) is 0 Å². The molecule has 0 radical (unpaired) electrons. The summed E-state index contributed by atoms with van der Waals surface area (Å²) in [5, 5.41) is 2.97. The van der Waals surface area contributed by atoms with Crippen LogP contribution in [0.1, 0.15) is 30.4 Å². The number of nitrogens with zero attached hydrogens (tertiary/aromatic N) is 1. The second-order valence-electron chi connectivity index (χ2n) is 7.88. The van der Waals surface area contributed by atoms with Crippen LogP contribution in [0.25, 0.3) is 0 Å². The molecule has 1 aliphatic rings. The van der Waals surface area contributed by atoms with E-state index in [-0.39, 0.29) is 18.2 Å². The highest BCUT2D eigenvalue weighted by Gasteiger charge is 2.28. The summed E-state index contributed by atoms with van der Waals surface area (Å²) in [6.45, 7) is 1.51. The predicted molar refractivity (Wildman–Crippen MR) is 122 cm³/mol. The van der Waals surface area contributed by atoms with E-state index in [0.717, 1.165) is 37.1 Å². The molecule has 1 atom stereocenters. The smallest absolute Gasteiger partial charge is 0.245 e. The summed E-state index contributed by atoms with van der Waals surface area (Å²) >= 11 is 0. The van der Waals surface area contributed by atoms with Crippen LogP contribution in [0.3, 0.4) is 0 Å². The number of hydrogen-bond donors (Lipinski definition) is 1. The number of carbonyl (C=O) groups is 2. The zero-order valence-electron chi connectivity index (χ0n) is 19.1. The zero-order chi connectivity index (χ0) is 22.9. The summed E-state index contributed by atoms with van der Waals surface area (Å²) in [7, 11) is 4.68. The van der Waals surface area contributed by atoms with E-state index < -0.39 is 6.04 Å².